The molecule has 0 radical (unpaired) electrons. The molecule has 1 heterocycles. The van der Waals surface area contributed by atoms with Gasteiger partial charge in [-0.3, -0.25) is 0 Å². The van der Waals surface area contributed by atoms with E-state index in [4.69, 9.17) is 15.7 Å². The molecule has 0 saturated heterocycles. The minimum Gasteiger partial charge on any atom is -0.476 e. The number of aromatic nitrogens is 2. The zero-order valence-electron chi connectivity index (χ0n) is 9.70. The summed E-state index contributed by atoms with van der Waals surface area (Å²) in [6, 6.07) is 0. The average molecular weight is 270 g/mol. The van der Waals surface area contributed by atoms with Gasteiger partial charge in [0, 0.05) is 11.5 Å². The van der Waals surface area contributed by atoms with E-state index in [2.05, 4.69) is 14.5 Å². The van der Waals surface area contributed by atoms with Crippen LogP contribution in [0.3, 0.4) is 0 Å². The van der Waals surface area contributed by atoms with E-state index >= 15 is 0 Å². The third kappa shape index (κ3) is 3.16. The topological polar surface area (TPSA) is 111 Å². The van der Waals surface area contributed by atoms with Crippen molar-refractivity contribution in [2.24, 2.45) is 5.16 Å². The molecule has 1 aromatic heterocycles. The summed E-state index contributed by atoms with van der Waals surface area (Å²) >= 11 is 0.929. The lowest BCUT2D eigenvalue weighted by Gasteiger charge is -2.19. The predicted octanol–water partition coefficient (Wildman–Crippen LogP) is 1.26. The highest BCUT2D eigenvalue weighted by Crippen LogP contribution is 2.20. The molecule has 0 bridgehead atoms. The zero-order valence-corrected chi connectivity index (χ0v) is 10.5. The van der Waals surface area contributed by atoms with E-state index in [9.17, 15) is 4.79 Å². The van der Waals surface area contributed by atoms with Crippen LogP contribution < -0.4 is 5.73 Å². The Bertz CT molecular complexity index is 454. The minimum absolute atomic E-state index is 0.000749. The van der Waals surface area contributed by atoms with Gasteiger partial charge in [0.2, 0.25) is 11.5 Å². The molecule has 1 aromatic rings. The molecule has 1 aliphatic carbocycles. The molecule has 0 atom stereocenters. The van der Waals surface area contributed by atoms with Crippen LogP contribution >= 0.6 is 11.5 Å². The Labute approximate surface area is 108 Å². The van der Waals surface area contributed by atoms with Crippen LogP contribution in [0.15, 0.2) is 5.16 Å². The van der Waals surface area contributed by atoms with Gasteiger partial charge in [0.25, 0.3) is 0 Å². The Hall–Kier alpha value is -1.70. The van der Waals surface area contributed by atoms with E-state index in [1.165, 1.54) is 6.42 Å². The second-order valence-electron chi connectivity index (χ2n) is 4.07. The molecule has 3 N–H and O–H groups in total. The summed E-state index contributed by atoms with van der Waals surface area (Å²) in [6.45, 7) is 0. The van der Waals surface area contributed by atoms with Gasteiger partial charge in [0.15, 0.2) is 5.13 Å². The summed E-state index contributed by atoms with van der Waals surface area (Å²) < 4.78 is 3.82. The van der Waals surface area contributed by atoms with E-state index in [-0.39, 0.29) is 22.8 Å². The van der Waals surface area contributed by atoms with Crippen molar-refractivity contribution in [1.29, 1.82) is 0 Å². The van der Waals surface area contributed by atoms with Crippen molar-refractivity contribution >= 4 is 28.3 Å². The summed E-state index contributed by atoms with van der Waals surface area (Å²) in [5.41, 5.74) is 5.11. The fourth-order valence-corrected chi connectivity index (χ4v) is 2.24. The van der Waals surface area contributed by atoms with Crippen molar-refractivity contribution in [2.45, 2.75) is 38.2 Å². The number of nitrogen functional groups attached to an aromatic ring is 1. The predicted molar refractivity (Wildman–Crippen MR) is 66.5 cm³/mol. The first kappa shape index (κ1) is 12.7. The molecule has 0 spiro atoms. The molecule has 0 aromatic carbocycles. The third-order valence-corrected chi connectivity index (χ3v) is 3.24. The van der Waals surface area contributed by atoms with Crippen molar-refractivity contribution in [3.8, 4) is 0 Å². The number of anilines is 1. The van der Waals surface area contributed by atoms with Gasteiger partial charge in [0.05, 0.1) is 0 Å². The molecule has 7 nitrogen and oxygen atoms in total. The molecule has 1 aliphatic rings. The zero-order chi connectivity index (χ0) is 13.0. The van der Waals surface area contributed by atoms with E-state index in [0.29, 0.717) is 0 Å². The molecule has 0 aliphatic heterocycles. The lowest BCUT2D eigenvalue weighted by Crippen LogP contribution is -2.20. The van der Waals surface area contributed by atoms with Crippen LogP contribution in [0.2, 0.25) is 0 Å². The molecule has 98 valence electrons. The largest absolute Gasteiger partial charge is 0.476 e. The van der Waals surface area contributed by atoms with Crippen LogP contribution in [0, 0.1) is 0 Å². The molecule has 1 fully saturated rings. The first-order valence-corrected chi connectivity index (χ1v) is 6.51. The standard InChI is InChI=1S/C10H14N4O3S/c11-10-12-8(14-18-10)7(9(15)16)13-17-6-4-2-1-3-5-6/h6H,1-5H2,(H,15,16)(H2,11,12,14)/b13-7-. The normalized spacial score (nSPS) is 17.7. The first-order valence-electron chi connectivity index (χ1n) is 5.73. The Kier molecular flexibility index (Phi) is 4.08. The minimum atomic E-state index is -1.22. The van der Waals surface area contributed by atoms with Gasteiger partial charge in [-0.05, 0) is 25.7 Å². The van der Waals surface area contributed by atoms with Crippen molar-refractivity contribution in [2.75, 3.05) is 5.73 Å². The van der Waals surface area contributed by atoms with Gasteiger partial charge in [-0.25, -0.2) is 4.79 Å². The number of nitrogens with zero attached hydrogens (tertiary/aromatic N) is 3. The number of oxime groups is 1. The van der Waals surface area contributed by atoms with Crippen LogP contribution in [0.1, 0.15) is 37.9 Å². The SMILES string of the molecule is Nc1nc(/C(=N/OC2CCCCC2)C(=O)O)ns1. The highest BCUT2D eigenvalue weighted by molar-refractivity contribution is 7.09. The average Bonchev–Trinajstić information content (AvgIpc) is 2.77. The molecule has 2 rings (SSSR count). The van der Waals surface area contributed by atoms with Crippen LogP contribution in [0.5, 0.6) is 0 Å². The number of carboxylic acids is 1. The first-order chi connectivity index (χ1) is 8.66. The van der Waals surface area contributed by atoms with E-state index in [1.807, 2.05) is 0 Å². The Morgan fingerprint density at radius 3 is 2.72 bits per heavy atom. The van der Waals surface area contributed by atoms with Crippen LogP contribution in [-0.4, -0.2) is 32.2 Å². The van der Waals surface area contributed by atoms with Gasteiger partial charge in [-0.15, -0.1) is 0 Å². The monoisotopic (exact) mass is 270 g/mol. The number of nitrogens with two attached hydrogens (primary N) is 1. The summed E-state index contributed by atoms with van der Waals surface area (Å²) in [7, 11) is 0. The lowest BCUT2D eigenvalue weighted by atomic mass is 9.98. The number of hydrogen-bond acceptors (Lipinski definition) is 7. The van der Waals surface area contributed by atoms with Crippen LogP contribution in [0.25, 0.3) is 0 Å². The van der Waals surface area contributed by atoms with Gasteiger partial charge in [-0.1, -0.05) is 11.6 Å². The molecular weight excluding hydrogens is 256 g/mol. The molecule has 1 saturated carbocycles. The van der Waals surface area contributed by atoms with Crippen molar-refractivity contribution < 1.29 is 14.7 Å². The van der Waals surface area contributed by atoms with E-state index < -0.39 is 5.97 Å². The number of rotatable bonds is 4. The molecule has 0 unspecified atom stereocenters. The van der Waals surface area contributed by atoms with Gasteiger partial charge in [-0.2, -0.15) is 9.36 Å². The number of aliphatic carboxylic acids is 1. The quantitative estimate of drug-likeness (QED) is 0.629. The number of carbonyl (C=O) groups is 1. The Balaban J connectivity index is 2.07. The van der Waals surface area contributed by atoms with E-state index in [1.54, 1.807) is 0 Å². The highest BCUT2D eigenvalue weighted by atomic mass is 32.1. The fraction of sp³-hybridized carbons (Fsp3) is 0.600. The molecule has 8 heteroatoms. The fourth-order valence-electron chi connectivity index (χ4n) is 1.80. The lowest BCUT2D eigenvalue weighted by molar-refractivity contribution is -0.129. The van der Waals surface area contributed by atoms with E-state index in [0.717, 1.165) is 37.2 Å². The van der Waals surface area contributed by atoms with Crippen LogP contribution in [-0.2, 0) is 9.63 Å². The smallest absolute Gasteiger partial charge is 0.362 e. The molecule has 18 heavy (non-hydrogen) atoms. The number of carboxylic acid groups (broad SMARTS) is 1. The second-order valence-corrected chi connectivity index (χ2v) is 4.85. The highest BCUT2D eigenvalue weighted by Gasteiger charge is 2.21. The summed E-state index contributed by atoms with van der Waals surface area (Å²) in [6.07, 6.45) is 5.17. The van der Waals surface area contributed by atoms with Gasteiger partial charge >= 0.3 is 5.97 Å². The molecule has 0 amide bonds. The Morgan fingerprint density at radius 1 is 1.44 bits per heavy atom. The van der Waals surface area contributed by atoms with Crippen molar-refractivity contribution in [1.82, 2.24) is 9.36 Å². The maximum absolute atomic E-state index is 11.1. The van der Waals surface area contributed by atoms with Crippen LogP contribution in [0.4, 0.5) is 5.13 Å². The van der Waals surface area contributed by atoms with Crippen molar-refractivity contribution in [3.63, 3.8) is 0 Å². The molecular formula is C10H14N4O3S. The maximum Gasteiger partial charge on any atom is 0.362 e. The summed E-state index contributed by atoms with van der Waals surface area (Å²) in [5.74, 6) is -1.22. The van der Waals surface area contributed by atoms with Gasteiger partial charge < -0.3 is 15.7 Å². The third-order valence-electron chi connectivity index (χ3n) is 2.70. The summed E-state index contributed by atoms with van der Waals surface area (Å²) in [5, 5.41) is 12.9. The second kappa shape index (κ2) is 5.76. The maximum atomic E-state index is 11.1. The number of hydrogen-bond donors (Lipinski definition) is 2. The van der Waals surface area contributed by atoms with Gasteiger partial charge in [0.1, 0.15) is 6.10 Å². The van der Waals surface area contributed by atoms with Crippen molar-refractivity contribution in [3.05, 3.63) is 5.82 Å². The Morgan fingerprint density at radius 2 is 2.17 bits per heavy atom. The summed E-state index contributed by atoms with van der Waals surface area (Å²) in [4.78, 5) is 20.1.